The minimum absolute atomic E-state index is 0.560. The summed E-state index contributed by atoms with van der Waals surface area (Å²) in [6, 6.07) is 6.66. The predicted octanol–water partition coefficient (Wildman–Crippen LogP) is 3.45. The van der Waals surface area contributed by atoms with Gasteiger partial charge in [0.15, 0.2) is 0 Å². The molecule has 0 saturated carbocycles. The van der Waals surface area contributed by atoms with Crippen molar-refractivity contribution in [2.24, 2.45) is 0 Å². The highest BCUT2D eigenvalue weighted by Crippen LogP contribution is 2.31. The number of alkyl halides is 3. The molecule has 1 heterocycles. The maximum atomic E-state index is 12.5. The standard InChI is InChI=1S/C14H13F3N3/c1-9-8-12(20(2)3)18-19-13(9)10-4-6-11(7-5-10)14(15,16)17/h4-8H,2H2,1,3H3/q+1. The molecular weight excluding hydrogens is 267 g/mol. The molecule has 0 saturated heterocycles. The number of hydrogen-bond donors (Lipinski definition) is 0. The molecule has 2 rings (SSSR count). The highest BCUT2D eigenvalue weighted by atomic mass is 19.4. The molecule has 0 amide bonds. The van der Waals surface area contributed by atoms with Gasteiger partial charge in [-0.15, -0.1) is 0 Å². The van der Waals surface area contributed by atoms with Gasteiger partial charge in [0.05, 0.1) is 24.4 Å². The monoisotopic (exact) mass is 280 g/mol. The van der Waals surface area contributed by atoms with Gasteiger partial charge in [-0.2, -0.15) is 13.2 Å². The van der Waals surface area contributed by atoms with Gasteiger partial charge < -0.3 is 0 Å². The maximum Gasteiger partial charge on any atom is 0.416 e. The van der Waals surface area contributed by atoms with Crippen molar-refractivity contribution < 1.29 is 17.7 Å². The Bertz CT molecular complexity index is 646. The Morgan fingerprint density at radius 1 is 1.10 bits per heavy atom. The van der Waals surface area contributed by atoms with E-state index in [2.05, 4.69) is 16.9 Å². The molecule has 1 aromatic heterocycles. The van der Waals surface area contributed by atoms with Gasteiger partial charge in [0.2, 0.25) is 0 Å². The molecule has 104 valence electrons. The first-order valence-electron chi connectivity index (χ1n) is 5.85. The van der Waals surface area contributed by atoms with E-state index in [1.807, 2.05) is 6.92 Å². The molecule has 1 aromatic carbocycles. The van der Waals surface area contributed by atoms with Crippen molar-refractivity contribution in [1.82, 2.24) is 10.2 Å². The zero-order valence-electron chi connectivity index (χ0n) is 11.1. The van der Waals surface area contributed by atoms with Crippen LogP contribution >= 0.6 is 0 Å². The van der Waals surface area contributed by atoms with Crippen LogP contribution < -0.4 is 0 Å². The summed E-state index contributed by atoms with van der Waals surface area (Å²) < 4.78 is 39.1. The van der Waals surface area contributed by atoms with Gasteiger partial charge in [-0.05, 0) is 29.7 Å². The fraction of sp³-hybridized carbons (Fsp3) is 0.214. The molecule has 0 fully saturated rings. The van der Waals surface area contributed by atoms with E-state index in [-0.39, 0.29) is 0 Å². The van der Waals surface area contributed by atoms with Crippen molar-refractivity contribution >= 4 is 12.5 Å². The van der Waals surface area contributed by atoms with Crippen molar-refractivity contribution in [3.8, 4) is 11.3 Å². The van der Waals surface area contributed by atoms with Gasteiger partial charge in [0.25, 0.3) is 0 Å². The molecule has 0 spiro atoms. The van der Waals surface area contributed by atoms with E-state index in [0.717, 1.165) is 17.7 Å². The maximum absolute atomic E-state index is 12.5. The van der Waals surface area contributed by atoms with Gasteiger partial charge in [0.1, 0.15) is 5.69 Å². The fourth-order valence-electron chi connectivity index (χ4n) is 1.76. The smallest absolute Gasteiger partial charge is 0.239 e. The summed E-state index contributed by atoms with van der Waals surface area (Å²) in [5.74, 6) is 0.596. The molecule has 0 aliphatic carbocycles. The fourth-order valence-corrected chi connectivity index (χ4v) is 1.76. The lowest BCUT2D eigenvalue weighted by Crippen LogP contribution is -2.04. The molecule has 20 heavy (non-hydrogen) atoms. The number of halogens is 3. The highest BCUT2D eigenvalue weighted by Gasteiger charge is 2.30. The Morgan fingerprint density at radius 3 is 2.15 bits per heavy atom. The van der Waals surface area contributed by atoms with E-state index in [1.165, 1.54) is 12.1 Å². The third-order valence-corrected chi connectivity index (χ3v) is 2.85. The van der Waals surface area contributed by atoms with Crippen LogP contribution in [0.4, 0.5) is 19.0 Å². The molecule has 6 heteroatoms. The quantitative estimate of drug-likeness (QED) is 0.622. The van der Waals surface area contributed by atoms with E-state index in [4.69, 9.17) is 0 Å². The lowest BCUT2D eigenvalue weighted by Gasteiger charge is -2.07. The highest BCUT2D eigenvalue weighted by molar-refractivity contribution is 5.63. The third-order valence-electron chi connectivity index (χ3n) is 2.85. The molecule has 0 aliphatic heterocycles. The lowest BCUT2D eigenvalue weighted by atomic mass is 10.1. The Kier molecular flexibility index (Phi) is 3.57. The van der Waals surface area contributed by atoms with Crippen LogP contribution in [-0.2, 0) is 6.18 Å². The summed E-state index contributed by atoms with van der Waals surface area (Å²) in [5, 5.41) is 8.03. The molecule has 0 radical (unpaired) electrons. The molecule has 0 unspecified atom stereocenters. The molecule has 3 nitrogen and oxygen atoms in total. The first-order chi connectivity index (χ1) is 9.29. The van der Waals surface area contributed by atoms with Crippen LogP contribution in [0.2, 0.25) is 0 Å². The van der Waals surface area contributed by atoms with Crippen molar-refractivity contribution in [1.29, 1.82) is 0 Å². The van der Waals surface area contributed by atoms with Crippen LogP contribution in [0.1, 0.15) is 11.1 Å². The van der Waals surface area contributed by atoms with E-state index in [0.29, 0.717) is 17.1 Å². The average molecular weight is 280 g/mol. The third kappa shape index (κ3) is 2.84. The summed E-state index contributed by atoms with van der Waals surface area (Å²) >= 11 is 0. The first kappa shape index (κ1) is 14.2. The van der Waals surface area contributed by atoms with Gasteiger partial charge in [-0.1, -0.05) is 12.1 Å². The first-order valence-corrected chi connectivity index (χ1v) is 5.85. The summed E-state index contributed by atoms with van der Waals surface area (Å²) in [5.41, 5.74) is 1.30. The number of nitrogens with zero attached hydrogens (tertiary/aromatic N) is 3. The molecule has 2 aromatic rings. The van der Waals surface area contributed by atoms with Crippen LogP contribution in [0.15, 0.2) is 30.3 Å². The summed E-state index contributed by atoms with van der Waals surface area (Å²) in [7, 11) is 1.74. The largest absolute Gasteiger partial charge is 0.416 e. The molecule has 0 aliphatic rings. The summed E-state index contributed by atoms with van der Waals surface area (Å²) in [4.78, 5) is 0. The summed E-state index contributed by atoms with van der Waals surface area (Å²) in [6.07, 6.45) is -4.33. The second-order valence-electron chi connectivity index (χ2n) is 4.51. The van der Waals surface area contributed by atoms with Crippen LogP contribution in [-0.4, -0.2) is 28.5 Å². The second kappa shape index (κ2) is 5.03. The van der Waals surface area contributed by atoms with Gasteiger partial charge in [0, 0.05) is 11.6 Å². The van der Waals surface area contributed by atoms with E-state index in [1.54, 1.807) is 17.7 Å². The van der Waals surface area contributed by atoms with Gasteiger partial charge in [-0.25, -0.2) is 4.58 Å². The van der Waals surface area contributed by atoms with Crippen molar-refractivity contribution in [3.63, 3.8) is 0 Å². The van der Waals surface area contributed by atoms with E-state index in [9.17, 15) is 13.2 Å². The molecular formula is C14H13F3N3+. The minimum Gasteiger partial charge on any atom is -0.239 e. The Labute approximate surface area is 114 Å². The zero-order valence-corrected chi connectivity index (χ0v) is 11.1. The van der Waals surface area contributed by atoms with Gasteiger partial charge >= 0.3 is 12.0 Å². The van der Waals surface area contributed by atoms with E-state index >= 15 is 0 Å². The SMILES string of the molecule is C=[N+](C)c1cc(C)c(-c2ccc(C(F)(F)F)cc2)nn1. The molecule has 0 N–H and O–H groups in total. The Balaban J connectivity index is 2.40. The number of benzene rings is 1. The van der Waals surface area contributed by atoms with Crippen LogP contribution in [0, 0.1) is 6.92 Å². The van der Waals surface area contributed by atoms with Crippen molar-refractivity contribution in [2.75, 3.05) is 7.05 Å². The second-order valence-corrected chi connectivity index (χ2v) is 4.51. The van der Waals surface area contributed by atoms with Gasteiger partial charge in [-0.3, -0.25) is 0 Å². The zero-order chi connectivity index (χ0) is 14.9. The number of rotatable bonds is 2. The number of aryl methyl sites for hydroxylation is 1. The Morgan fingerprint density at radius 2 is 1.70 bits per heavy atom. The van der Waals surface area contributed by atoms with Crippen LogP contribution in [0.5, 0.6) is 0 Å². The summed E-state index contributed by atoms with van der Waals surface area (Å²) in [6.45, 7) is 5.52. The topological polar surface area (TPSA) is 28.8 Å². The lowest BCUT2D eigenvalue weighted by molar-refractivity contribution is -0.399. The minimum atomic E-state index is -4.33. The Hall–Kier alpha value is -2.24. The average Bonchev–Trinajstić information content (AvgIpc) is 2.37. The molecule has 0 atom stereocenters. The van der Waals surface area contributed by atoms with Crippen LogP contribution in [0.25, 0.3) is 11.3 Å². The molecule has 0 bridgehead atoms. The van der Waals surface area contributed by atoms with Crippen molar-refractivity contribution in [3.05, 3.63) is 41.5 Å². The van der Waals surface area contributed by atoms with Crippen molar-refractivity contribution in [2.45, 2.75) is 13.1 Å². The van der Waals surface area contributed by atoms with Crippen LogP contribution in [0.3, 0.4) is 0 Å². The number of aromatic nitrogens is 2. The predicted molar refractivity (Wildman–Crippen MR) is 70.2 cm³/mol. The number of hydrogen-bond acceptors (Lipinski definition) is 2. The van der Waals surface area contributed by atoms with E-state index < -0.39 is 11.7 Å². The normalized spacial score (nSPS) is 11.4.